The summed E-state index contributed by atoms with van der Waals surface area (Å²) in [5.74, 6) is 2.20. The van der Waals surface area contributed by atoms with Crippen molar-refractivity contribution in [3.05, 3.63) is 28.2 Å². The highest BCUT2D eigenvalue weighted by Crippen LogP contribution is 2.47. The molecule has 4 atom stereocenters. The molecule has 0 amide bonds. The summed E-state index contributed by atoms with van der Waals surface area (Å²) < 4.78 is 11.2. The monoisotopic (exact) mass is 398 g/mol. The third-order valence-corrected chi connectivity index (χ3v) is 5.66. The van der Waals surface area contributed by atoms with E-state index in [4.69, 9.17) is 39.1 Å². The highest BCUT2D eigenvalue weighted by molar-refractivity contribution is 6.35. The summed E-state index contributed by atoms with van der Waals surface area (Å²) in [6.07, 6.45) is 5.35. The number of esters is 1. The predicted molar refractivity (Wildman–Crippen MR) is 102 cm³/mol. The van der Waals surface area contributed by atoms with Crippen molar-refractivity contribution in [1.29, 1.82) is 0 Å². The van der Waals surface area contributed by atoms with Crippen molar-refractivity contribution in [2.45, 2.75) is 58.3 Å². The van der Waals surface area contributed by atoms with Gasteiger partial charge in [-0.2, -0.15) is 0 Å². The van der Waals surface area contributed by atoms with E-state index >= 15 is 0 Å². The number of rotatable bonds is 4. The third kappa shape index (κ3) is 4.11. The Morgan fingerprint density at radius 1 is 1.42 bits per heavy atom. The Balaban J connectivity index is 2.02. The smallest absolute Gasteiger partial charge is 0.347 e. The van der Waals surface area contributed by atoms with E-state index in [0.717, 1.165) is 0 Å². The zero-order valence-electron chi connectivity index (χ0n) is 15.4. The van der Waals surface area contributed by atoms with Gasteiger partial charge in [-0.1, -0.05) is 49.9 Å². The number of hydrogen-bond acceptors (Lipinski definition) is 4. The summed E-state index contributed by atoms with van der Waals surface area (Å²) in [6.45, 7) is 7.24. The van der Waals surface area contributed by atoms with Crippen molar-refractivity contribution in [3.8, 4) is 18.1 Å². The molecule has 1 N–H and O–H groups in total. The summed E-state index contributed by atoms with van der Waals surface area (Å²) in [6, 6.07) is 4.78. The van der Waals surface area contributed by atoms with Crippen molar-refractivity contribution in [2.75, 3.05) is 0 Å². The molecule has 1 aromatic carbocycles. The first kappa shape index (κ1) is 20.9. The zero-order valence-corrected chi connectivity index (χ0v) is 16.9. The molecule has 0 saturated heterocycles. The van der Waals surface area contributed by atoms with E-state index in [9.17, 15) is 9.90 Å². The van der Waals surface area contributed by atoms with E-state index in [2.05, 4.69) is 5.92 Å². The van der Waals surface area contributed by atoms with Crippen LogP contribution < -0.4 is 4.74 Å². The van der Waals surface area contributed by atoms with Crippen molar-refractivity contribution in [3.63, 3.8) is 0 Å². The highest BCUT2D eigenvalue weighted by atomic mass is 35.5. The van der Waals surface area contributed by atoms with Crippen molar-refractivity contribution >= 4 is 29.2 Å². The fraction of sp³-hybridized carbons (Fsp3) is 0.550. The second-order valence-corrected chi connectivity index (χ2v) is 8.37. The van der Waals surface area contributed by atoms with Crippen LogP contribution in [0.1, 0.15) is 40.5 Å². The van der Waals surface area contributed by atoms with Crippen LogP contribution in [0.4, 0.5) is 0 Å². The van der Waals surface area contributed by atoms with Gasteiger partial charge in [0.05, 0.1) is 5.02 Å². The lowest BCUT2D eigenvalue weighted by molar-refractivity contribution is -0.172. The number of terminal acetylenes is 1. The van der Waals surface area contributed by atoms with Crippen molar-refractivity contribution < 1.29 is 19.4 Å². The maximum atomic E-state index is 12.4. The minimum absolute atomic E-state index is 0.198. The first-order chi connectivity index (χ1) is 12.0. The van der Waals surface area contributed by atoms with Gasteiger partial charge in [0.2, 0.25) is 0 Å². The first-order valence-corrected chi connectivity index (χ1v) is 9.28. The normalized spacial score (nSPS) is 28.7. The van der Waals surface area contributed by atoms with Crippen LogP contribution in [0, 0.1) is 23.7 Å². The Bertz CT molecular complexity index is 725. The molecule has 26 heavy (non-hydrogen) atoms. The summed E-state index contributed by atoms with van der Waals surface area (Å²) >= 11 is 11.9. The van der Waals surface area contributed by atoms with Crippen LogP contribution in [0.2, 0.25) is 10.0 Å². The van der Waals surface area contributed by atoms with E-state index in [0.29, 0.717) is 28.6 Å². The van der Waals surface area contributed by atoms with Gasteiger partial charge in [-0.15, -0.1) is 6.42 Å². The molecule has 1 aromatic rings. The highest BCUT2D eigenvalue weighted by Gasteiger charge is 2.52. The van der Waals surface area contributed by atoms with Crippen LogP contribution in [-0.2, 0) is 9.53 Å². The minimum atomic E-state index is -1.23. The molecule has 1 saturated carbocycles. The molecular weight excluding hydrogens is 375 g/mol. The second kappa shape index (κ2) is 7.68. The molecule has 1 aliphatic carbocycles. The minimum Gasteiger partial charge on any atom is -0.477 e. The molecule has 0 radical (unpaired) electrons. The van der Waals surface area contributed by atoms with Crippen molar-refractivity contribution in [1.82, 2.24) is 0 Å². The van der Waals surface area contributed by atoms with E-state index in [1.807, 2.05) is 20.8 Å². The number of benzene rings is 1. The fourth-order valence-electron chi connectivity index (χ4n) is 3.54. The van der Waals surface area contributed by atoms with Gasteiger partial charge >= 0.3 is 5.97 Å². The number of hydrogen-bond donors (Lipinski definition) is 1. The predicted octanol–water partition coefficient (Wildman–Crippen LogP) is 4.49. The molecule has 6 heteroatoms. The average Bonchev–Trinajstić information content (AvgIpc) is 2.54. The van der Waals surface area contributed by atoms with Crippen LogP contribution >= 0.6 is 23.2 Å². The number of ether oxygens (including phenoxy) is 2. The molecule has 1 aliphatic rings. The molecule has 2 rings (SSSR count). The van der Waals surface area contributed by atoms with Gasteiger partial charge < -0.3 is 14.6 Å². The Kier molecular flexibility index (Phi) is 6.17. The van der Waals surface area contributed by atoms with E-state index < -0.39 is 23.1 Å². The maximum Gasteiger partial charge on any atom is 0.347 e. The van der Waals surface area contributed by atoms with Crippen molar-refractivity contribution in [2.24, 2.45) is 11.3 Å². The van der Waals surface area contributed by atoms with Gasteiger partial charge in [0.1, 0.15) is 17.5 Å². The van der Waals surface area contributed by atoms with Gasteiger partial charge in [0.25, 0.3) is 0 Å². The van der Waals surface area contributed by atoms with Crippen LogP contribution in [0.3, 0.4) is 0 Å². The Hall–Kier alpha value is -1.41. The number of carbonyl (C=O) groups excluding carboxylic acids is 1. The standard InChI is InChI=1S/C20H24Cl2O4/c1-6-20(24)12(2)9-15(11-19(20,4)5)26-18(23)13(3)25-17-8-7-14(21)10-16(17)22/h1,7-8,10,12-13,15,24H,9,11H2,2-5H3. The SMILES string of the molecule is C#CC1(O)C(C)CC(OC(=O)C(C)Oc2ccc(Cl)cc2Cl)CC1(C)C. The van der Waals surface area contributed by atoms with Crippen LogP contribution in [0.15, 0.2) is 18.2 Å². The molecule has 1 fully saturated rings. The van der Waals surface area contributed by atoms with Gasteiger partial charge in [-0.05, 0) is 38.0 Å². The van der Waals surface area contributed by atoms with Crippen LogP contribution in [-0.4, -0.2) is 28.9 Å². The maximum absolute atomic E-state index is 12.4. The molecule has 142 valence electrons. The van der Waals surface area contributed by atoms with E-state index in [1.165, 1.54) is 0 Å². The first-order valence-electron chi connectivity index (χ1n) is 8.52. The zero-order chi connectivity index (χ0) is 19.7. The van der Waals surface area contributed by atoms with E-state index in [-0.39, 0.29) is 12.0 Å². The molecule has 0 aliphatic heterocycles. The lowest BCUT2D eigenvalue weighted by Gasteiger charge is -2.49. The summed E-state index contributed by atoms with van der Waals surface area (Å²) in [7, 11) is 0. The lowest BCUT2D eigenvalue weighted by atomic mass is 9.60. The summed E-state index contributed by atoms with van der Waals surface area (Å²) in [5, 5.41) is 11.6. The van der Waals surface area contributed by atoms with Crippen LogP contribution in [0.5, 0.6) is 5.75 Å². The Morgan fingerprint density at radius 3 is 2.62 bits per heavy atom. The van der Waals surface area contributed by atoms with Crippen LogP contribution in [0.25, 0.3) is 0 Å². The number of carbonyl (C=O) groups is 1. The molecule has 0 spiro atoms. The summed E-state index contributed by atoms with van der Waals surface area (Å²) in [5.41, 5.74) is -1.80. The Labute approximate surface area is 164 Å². The third-order valence-electron chi connectivity index (χ3n) is 5.13. The lowest BCUT2D eigenvalue weighted by Crippen LogP contribution is -2.55. The quantitative estimate of drug-likeness (QED) is 0.599. The second-order valence-electron chi connectivity index (χ2n) is 7.53. The molecule has 0 heterocycles. The fourth-order valence-corrected chi connectivity index (χ4v) is 3.99. The summed E-state index contributed by atoms with van der Waals surface area (Å²) in [4.78, 5) is 12.4. The molecule has 0 bridgehead atoms. The molecular formula is C20H24Cl2O4. The van der Waals surface area contributed by atoms with Gasteiger partial charge in [0, 0.05) is 16.4 Å². The van der Waals surface area contributed by atoms with Gasteiger partial charge in [0.15, 0.2) is 6.10 Å². The number of aliphatic hydroxyl groups is 1. The topological polar surface area (TPSA) is 55.8 Å². The molecule has 0 aromatic heterocycles. The number of halogens is 2. The average molecular weight is 399 g/mol. The van der Waals surface area contributed by atoms with E-state index in [1.54, 1.807) is 25.1 Å². The molecule has 4 nitrogen and oxygen atoms in total. The molecule has 4 unspecified atom stereocenters. The van der Waals surface area contributed by atoms with Gasteiger partial charge in [-0.25, -0.2) is 4.79 Å². The van der Waals surface area contributed by atoms with Gasteiger partial charge in [-0.3, -0.25) is 0 Å². The Morgan fingerprint density at radius 2 is 2.08 bits per heavy atom. The largest absolute Gasteiger partial charge is 0.477 e.